The summed E-state index contributed by atoms with van der Waals surface area (Å²) in [7, 11) is 0. The lowest BCUT2D eigenvalue weighted by atomic mass is 9.80. The molecule has 0 spiro atoms. The van der Waals surface area contributed by atoms with Crippen LogP contribution in [0, 0.1) is 16.7 Å². The van der Waals surface area contributed by atoms with Gasteiger partial charge in [0.15, 0.2) is 0 Å². The van der Waals surface area contributed by atoms with Gasteiger partial charge in [0.1, 0.15) is 5.84 Å². The first-order valence-corrected chi connectivity index (χ1v) is 7.47. The highest BCUT2D eigenvalue weighted by atomic mass is 79.9. The van der Waals surface area contributed by atoms with E-state index in [0.717, 1.165) is 29.0 Å². The van der Waals surface area contributed by atoms with Crippen LogP contribution in [-0.2, 0) is 0 Å². The average molecular weight is 324 g/mol. The molecule has 0 bridgehead atoms. The SMILES string of the molecule is CC(C)(C)C1CCN(c2ccc(C(=N)N)cc2Br)C1. The lowest BCUT2D eigenvalue weighted by Crippen LogP contribution is -2.26. The van der Waals surface area contributed by atoms with Crippen LogP contribution in [0.2, 0.25) is 0 Å². The fraction of sp³-hybridized carbons (Fsp3) is 0.533. The van der Waals surface area contributed by atoms with Gasteiger partial charge in [0, 0.05) is 23.1 Å². The van der Waals surface area contributed by atoms with Gasteiger partial charge >= 0.3 is 0 Å². The van der Waals surface area contributed by atoms with E-state index in [4.69, 9.17) is 11.1 Å². The number of halogens is 1. The third-order valence-corrected chi connectivity index (χ3v) is 4.65. The maximum absolute atomic E-state index is 7.47. The molecule has 1 unspecified atom stereocenters. The first-order valence-electron chi connectivity index (χ1n) is 6.68. The number of hydrogen-bond acceptors (Lipinski definition) is 2. The summed E-state index contributed by atoms with van der Waals surface area (Å²) in [6, 6.07) is 5.92. The number of anilines is 1. The fourth-order valence-corrected chi connectivity index (χ4v) is 3.25. The van der Waals surface area contributed by atoms with Crippen LogP contribution in [0.15, 0.2) is 22.7 Å². The Morgan fingerprint density at radius 1 is 1.42 bits per heavy atom. The molecule has 19 heavy (non-hydrogen) atoms. The standard InChI is InChI=1S/C15H22BrN3/c1-15(2,3)11-6-7-19(9-11)13-5-4-10(14(17)18)8-12(13)16/h4-5,8,11H,6-7,9H2,1-3H3,(H3,17,18). The van der Waals surface area contributed by atoms with E-state index < -0.39 is 0 Å². The van der Waals surface area contributed by atoms with Crippen LogP contribution in [0.25, 0.3) is 0 Å². The molecule has 0 saturated carbocycles. The molecule has 0 aliphatic carbocycles. The summed E-state index contributed by atoms with van der Waals surface area (Å²) < 4.78 is 1.02. The molecule has 0 aromatic heterocycles. The van der Waals surface area contributed by atoms with Crippen LogP contribution in [0.1, 0.15) is 32.8 Å². The Bertz CT molecular complexity index is 491. The number of nitrogen functional groups attached to an aromatic ring is 1. The minimum atomic E-state index is 0.112. The first-order chi connectivity index (χ1) is 8.79. The van der Waals surface area contributed by atoms with Crippen molar-refractivity contribution in [2.75, 3.05) is 18.0 Å². The minimum Gasteiger partial charge on any atom is -0.384 e. The largest absolute Gasteiger partial charge is 0.384 e. The molecule has 3 nitrogen and oxygen atoms in total. The van der Waals surface area contributed by atoms with Gasteiger partial charge in [0.05, 0.1) is 5.69 Å². The molecule has 0 amide bonds. The van der Waals surface area contributed by atoms with Crippen molar-refractivity contribution in [3.63, 3.8) is 0 Å². The lowest BCUT2D eigenvalue weighted by Gasteiger charge is -2.28. The number of nitrogens with one attached hydrogen (secondary N) is 1. The summed E-state index contributed by atoms with van der Waals surface area (Å²) in [5, 5.41) is 7.47. The molecule has 1 aliphatic rings. The van der Waals surface area contributed by atoms with Crippen LogP contribution in [0.4, 0.5) is 5.69 Å². The quantitative estimate of drug-likeness (QED) is 0.645. The predicted octanol–water partition coefficient (Wildman–Crippen LogP) is 3.61. The first kappa shape index (κ1) is 14.4. The van der Waals surface area contributed by atoms with Crippen LogP contribution >= 0.6 is 15.9 Å². The molecule has 3 N–H and O–H groups in total. The Balaban J connectivity index is 2.18. The van der Waals surface area contributed by atoms with Crippen molar-refractivity contribution in [3.8, 4) is 0 Å². The van der Waals surface area contributed by atoms with Gasteiger partial charge in [-0.25, -0.2) is 0 Å². The minimum absolute atomic E-state index is 0.112. The maximum Gasteiger partial charge on any atom is 0.122 e. The number of amidine groups is 1. The van der Waals surface area contributed by atoms with Crippen molar-refractivity contribution in [3.05, 3.63) is 28.2 Å². The molecule has 1 heterocycles. The molecule has 0 radical (unpaired) electrons. The van der Waals surface area contributed by atoms with E-state index in [1.165, 1.54) is 12.1 Å². The molecule has 1 fully saturated rings. The molecule has 1 saturated heterocycles. The van der Waals surface area contributed by atoms with Crippen LogP contribution in [0.5, 0.6) is 0 Å². The third-order valence-electron chi connectivity index (χ3n) is 4.01. The van der Waals surface area contributed by atoms with Crippen molar-refractivity contribution in [1.29, 1.82) is 5.41 Å². The summed E-state index contributed by atoms with van der Waals surface area (Å²) in [5.41, 5.74) is 7.85. The van der Waals surface area contributed by atoms with E-state index >= 15 is 0 Å². The highest BCUT2D eigenvalue weighted by Crippen LogP contribution is 2.37. The van der Waals surface area contributed by atoms with E-state index in [1.807, 2.05) is 12.1 Å². The van der Waals surface area contributed by atoms with Crippen molar-refractivity contribution < 1.29 is 0 Å². The van der Waals surface area contributed by atoms with Crippen LogP contribution in [0.3, 0.4) is 0 Å². The number of rotatable bonds is 2. The van der Waals surface area contributed by atoms with E-state index in [9.17, 15) is 0 Å². The summed E-state index contributed by atoms with van der Waals surface area (Å²) in [4.78, 5) is 2.42. The molecule has 1 aromatic rings. The highest BCUT2D eigenvalue weighted by Gasteiger charge is 2.32. The Morgan fingerprint density at radius 3 is 2.58 bits per heavy atom. The van der Waals surface area contributed by atoms with Gasteiger partial charge in [-0.15, -0.1) is 0 Å². The normalized spacial score (nSPS) is 19.8. The molecular weight excluding hydrogens is 302 g/mol. The van der Waals surface area contributed by atoms with Gasteiger partial charge in [0.25, 0.3) is 0 Å². The topological polar surface area (TPSA) is 53.1 Å². The van der Waals surface area contributed by atoms with Crippen molar-refractivity contribution >= 4 is 27.5 Å². The number of nitrogens with zero attached hydrogens (tertiary/aromatic N) is 1. The summed E-state index contributed by atoms with van der Waals surface area (Å²) in [6.45, 7) is 9.14. The van der Waals surface area contributed by atoms with Gasteiger partial charge in [-0.2, -0.15) is 0 Å². The third kappa shape index (κ3) is 3.11. The summed E-state index contributed by atoms with van der Waals surface area (Å²) in [6.07, 6.45) is 1.24. The smallest absolute Gasteiger partial charge is 0.122 e. The number of hydrogen-bond donors (Lipinski definition) is 2. The van der Waals surface area contributed by atoms with Crippen molar-refractivity contribution in [2.24, 2.45) is 17.1 Å². The van der Waals surface area contributed by atoms with Gasteiger partial charge in [-0.05, 0) is 51.9 Å². The van der Waals surface area contributed by atoms with Crippen LogP contribution in [-0.4, -0.2) is 18.9 Å². The fourth-order valence-electron chi connectivity index (χ4n) is 2.62. The zero-order valence-electron chi connectivity index (χ0n) is 11.8. The summed E-state index contributed by atoms with van der Waals surface area (Å²) in [5.74, 6) is 0.841. The molecule has 104 valence electrons. The highest BCUT2D eigenvalue weighted by molar-refractivity contribution is 9.10. The zero-order valence-corrected chi connectivity index (χ0v) is 13.4. The van der Waals surface area contributed by atoms with Crippen LogP contribution < -0.4 is 10.6 Å². The van der Waals surface area contributed by atoms with Crippen molar-refractivity contribution in [2.45, 2.75) is 27.2 Å². The van der Waals surface area contributed by atoms with Gasteiger partial charge in [-0.3, -0.25) is 5.41 Å². The monoisotopic (exact) mass is 323 g/mol. The zero-order chi connectivity index (χ0) is 14.2. The predicted molar refractivity (Wildman–Crippen MR) is 84.9 cm³/mol. The number of benzene rings is 1. The van der Waals surface area contributed by atoms with E-state index in [0.29, 0.717) is 5.41 Å². The molecule has 2 rings (SSSR count). The Morgan fingerprint density at radius 2 is 2.11 bits per heavy atom. The molecule has 1 atom stereocenters. The average Bonchev–Trinajstić information content (AvgIpc) is 2.77. The molecule has 1 aliphatic heterocycles. The lowest BCUT2D eigenvalue weighted by molar-refractivity contribution is 0.263. The second kappa shape index (κ2) is 5.16. The number of nitrogens with two attached hydrogens (primary N) is 1. The maximum atomic E-state index is 7.47. The Hall–Kier alpha value is -1.03. The van der Waals surface area contributed by atoms with Gasteiger partial charge in [-0.1, -0.05) is 20.8 Å². The van der Waals surface area contributed by atoms with E-state index in [-0.39, 0.29) is 5.84 Å². The Labute approximate surface area is 123 Å². The molecule has 1 aromatic carbocycles. The second-order valence-electron chi connectivity index (χ2n) is 6.38. The van der Waals surface area contributed by atoms with E-state index in [1.54, 1.807) is 0 Å². The summed E-state index contributed by atoms with van der Waals surface area (Å²) >= 11 is 3.60. The molecular formula is C15H22BrN3. The Kier molecular flexibility index (Phi) is 3.90. The molecule has 4 heteroatoms. The van der Waals surface area contributed by atoms with E-state index in [2.05, 4.69) is 47.7 Å². The van der Waals surface area contributed by atoms with Gasteiger partial charge in [0.2, 0.25) is 0 Å². The van der Waals surface area contributed by atoms with Gasteiger partial charge < -0.3 is 10.6 Å². The van der Waals surface area contributed by atoms with Crippen molar-refractivity contribution in [1.82, 2.24) is 0 Å². The second-order valence-corrected chi connectivity index (χ2v) is 7.23.